The number of ether oxygens (including phenoxy) is 1. The fourth-order valence-corrected chi connectivity index (χ4v) is 3.37. The van der Waals surface area contributed by atoms with Crippen LogP contribution in [0, 0.1) is 18.6 Å². The van der Waals surface area contributed by atoms with Crippen LogP contribution in [0.25, 0.3) is 0 Å². The van der Waals surface area contributed by atoms with E-state index in [2.05, 4.69) is 31.2 Å². The number of pyridine rings is 1. The van der Waals surface area contributed by atoms with Gasteiger partial charge in [-0.15, -0.1) is 0 Å². The summed E-state index contributed by atoms with van der Waals surface area (Å²) in [7, 11) is 0. The zero-order valence-corrected chi connectivity index (χ0v) is 20.4. The normalized spacial score (nSPS) is 11.4. The van der Waals surface area contributed by atoms with Crippen molar-refractivity contribution in [2.75, 3.05) is 0 Å². The number of hydrogen-bond acceptors (Lipinski definition) is 6. The number of nitrogens with two attached hydrogens (primary N) is 1. The van der Waals surface area contributed by atoms with E-state index in [0.717, 1.165) is 12.1 Å². The molecule has 0 bridgehead atoms. The lowest BCUT2D eigenvalue weighted by atomic mass is 10.1. The molecule has 0 saturated heterocycles. The molecule has 3 N–H and O–H groups in total. The first-order valence-corrected chi connectivity index (χ1v) is 11.1. The van der Waals surface area contributed by atoms with Crippen LogP contribution in [0.4, 0.5) is 8.78 Å². The van der Waals surface area contributed by atoms with E-state index in [-0.39, 0.29) is 46.9 Å². The topological polar surface area (TPSA) is 112 Å². The highest BCUT2D eigenvalue weighted by Crippen LogP contribution is 2.24. The maximum absolute atomic E-state index is 13.9. The average Bonchev–Trinajstić information content (AvgIpc) is 2.77. The molecule has 11 heteroatoms. The predicted molar refractivity (Wildman–Crippen MR) is 125 cm³/mol. The lowest BCUT2D eigenvalue weighted by molar-refractivity contribution is -0.125. The lowest BCUT2D eigenvalue weighted by Gasteiger charge is -2.17. The van der Waals surface area contributed by atoms with E-state index in [1.165, 1.54) is 23.0 Å². The van der Waals surface area contributed by atoms with Crippen molar-refractivity contribution < 1.29 is 18.3 Å². The van der Waals surface area contributed by atoms with Gasteiger partial charge in [0, 0.05) is 23.4 Å². The fraction of sp³-hybridized carbons (Fsp3) is 0.304. The Morgan fingerprint density at radius 2 is 1.88 bits per heavy atom. The molecular formula is C23H24BrF2N5O3. The molecule has 0 spiro atoms. The van der Waals surface area contributed by atoms with Gasteiger partial charge in [0.05, 0.1) is 42.4 Å². The van der Waals surface area contributed by atoms with Crippen molar-refractivity contribution in [1.29, 1.82) is 0 Å². The highest BCUT2D eigenvalue weighted by molar-refractivity contribution is 9.10. The van der Waals surface area contributed by atoms with Gasteiger partial charge in [0.1, 0.15) is 28.5 Å². The molecule has 3 rings (SSSR count). The van der Waals surface area contributed by atoms with Crippen LogP contribution >= 0.6 is 15.9 Å². The number of nitrogens with one attached hydrogen (secondary N) is 1. The summed E-state index contributed by atoms with van der Waals surface area (Å²) in [6.45, 7) is 5.10. The Morgan fingerprint density at radius 1 is 1.21 bits per heavy atom. The van der Waals surface area contributed by atoms with Gasteiger partial charge in [-0.25, -0.2) is 8.78 Å². The van der Waals surface area contributed by atoms with Crippen molar-refractivity contribution in [3.05, 3.63) is 85.8 Å². The molecule has 0 aliphatic rings. The summed E-state index contributed by atoms with van der Waals surface area (Å²) in [6.07, 6.45) is 3.04. The minimum absolute atomic E-state index is 0.158. The molecule has 2 aromatic heterocycles. The van der Waals surface area contributed by atoms with Gasteiger partial charge in [-0.1, -0.05) is 0 Å². The predicted octanol–water partition coefficient (Wildman–Crippen LogP) is 2.97. The molecule has 1 aromatic carbocycles. The second-order valence-electron chi connectivity index (χ2n) is 8.28. The third-order valence-electron chi connectivity index (χ3n) is 4.91. The number of nitrogens with zero attached hydrogens (tertiary/aromatic N) is 3. The third kappa shape index (κ3) is 6.23. The Kier molecular flexibility index (Phi) is 7.78. The van der Waals surface area contributed by atoms with Gasteiger partial charge in [0.15, 0.2) is 0 Å². The molecule has 0 unspecified atom stereocenters. The number of aryl methyl sites for hydroxylation is 1. The number of aromatic nitrogens is 3. The first-order valence-electron chi connectivity index (χ1n) is 10.3. The molecule has 180 valence electrons. The largest absolute Gasteiger partial charge is 0.487 e. The van der Waals surface area contributed by atoms with E-state index < -0.39 is 17.2 Å². The summed E-state index contributed by atoms with van der Waals surface area (Å²) in [5, 5.41) is 2.69. The minimum Gasteiger partial charge on any atom is -0.487 e. The van der Waals surface area contributed by atoms with Crippen LogP contribution in [-0.4, -0.2) is 26.0 Å². The smallest absolute Gasteiger partial charge is 0.269 e. The van der Waals surface area contributed by atoms with Crippen molar-refractivity contribution in [3.8, 4) is 5.75 Å². The monoisotopic (exact) mass is 535 g/mol. The average molecular weight is 536 g/mol. The Labute approximate surface area is 203 Å². The molecular weight excluding hydrogens is 512 g/mol. The van der Waals surface area contributed by atoms with E-state index in [0.29, 0.717) is 17.1 Å². The molecule has 1 amide bonds. The van der Waals surface area contributed by atoms with Crippen molar-refractivity contribution in [2.24, 2.45) is 5.73 Å². The summed E-state index contributed by atoms with van der Waals surface area (Å²) in [5.41, 5.74) is 6.21. The Balaban J connectivity index is 1.70. The summed E-state index contributed by atoms with van der Waals surface area (Å²) in [4.78, 5) is 33.3. The maximum atomic E-state index is 13.9. The number of rotatable bonds is 8. The molecule has 34 heavy (non-hydrogen) atoms. The minimum atomic E-state index is -0.998. The van der Waals surface area contributed by atoms with Crippen LogP contribution in [-0.2, 0) is 24.5 Å². The molecule has 0 fully saturated rings. The Bertz CT molecular complexity index is 1260. The summed E-state index contributed by atoms with van der Waals surface area (Å²) >= 11 is 3.25. The van der Waals surface area contributed by atoms with E-state index in [1.807, 2.05) is 0 Å². The fourth-order valence-electron chi connectivity index (χ4n) is 2.93. The second-order valence-corrected chi connectivity index (χ2v) is 9.08. The molecule has 0 atom stereocenters. The van der Waals surface area contributed by atoms with Crippen molar-refractivity contribution >= 4 is 21.8 Å². The third-order valence-corrected chi connectivity index (χ3v) is 5.64. The SMILES string of the molecule is Cc1cc(OCc2ccc(F)cc2F)c(Br)c(=O)n1Cc1cnc(CNC(=O)C(C)(C)N)cn1. The summed E-state index contributed by atoms with van der Waals surface area (Å²) < 4.78 is 34.2. The van der Waals surface area contributed by atoms with Gasteiger partial charge in [-0.05, 0) is 48.8 Å². The standard InChI is InChI=1S/C23H24BrF2N5O3/c1-13-6-19(34-12-14-4-5-15(25)7-18(14)26)20(24)21(32)31(13)11-17-10-28-16(8-29-17)9-30-22(33)23(2,3)27/h4-8,10H,9,11-12,27H2,1-3H3,(H,30,33). The van der Waals surface area contributed by atoms with Crippen molar-refractivity contribution in [3.63, 3.8) is 0 Å². The highest BCUT2D eigenvalue weighted by atomic mass is 79.9. The van der Waals surface area contributed by atoms with Crippen LogP contribution in [0.2, 0.25) is 0 Å². The lowest BCUT2D eigenvalue weighted by Crippen LogP contribution is -2.48. The van der Waals surface area contributed by atoms with E-state index in [9.17, 15) is 18.4 Å². The van der Waals surface area contributed by atoms with E-state index >= 15 is 0 Å². The molecule has 0 aliphatic heterocycles. The van der Waals surface area contributed by atoms with E-state index in [4.69, 9.17) is 10.5 Å². The molecule has 2 heterocycles. The van der Waals surface area contributed by atoms with E-state index in [1.54, 1.807) is 26.8 Å². The van der Waals surface area contributed by atoms with Crippen LogP contribution in [0.1, 0.15) is 36.5 Å². The molecule has 3 aromatic rings. The molecule has 0 aliphatic carbocycles. The first kappa shape index (κ1) is 25.4. The van der Waals surface area contributed by atoms with Gasteiger partial charge in [0.25, 0.3) is 5.56 Å². The number of halogens is 3. The van der Waals surface area contributed by atoms with Crippen LogP contribution < -0.4 is 21.3 Å². The number of carbonyl (C=O) groups excluding carboxylic acids is 1. The number of hydrogen-bond donors (Lipinski definition) is 2. The Morgan fingerprint density at radius 3 is 2.50 bits per heavy atom. The van der Waals surface area contributed by atoms with Gasteiger partial charge in [0.2, 0.25) is 5.91 Å². The van der Waals surface area contributed by atoms with Gasteiger partial charge in [-0.3, -0.25) is 19.6 Å². The molecule has 0 radical (unpaired) electrons. The number of carbonyl (C=O) groups is 1. The zero-order chi connectivity index (χ0) is 25.0. The van der Waals surface area contributed by atoms with Crippen molar-refractivity contribution in [1.82, 2.24) is 19.9 Å². The molecule has 0 saturated carbocycles. The summed E-state index contributed by atoms with van der Waals surface area (Å²) in [6, 6.07) is 4.84. The second kappa shape index (κ2) is 10.4. The van der Waals surface area contributed by atoms with Gasteiger partial charge < -0.3 is 20.4 Å². The number of benzene rings is 1. The number of amides is 1. The van der Waals surface area contributed by atoms with Crippen LogP contribution in [0.3, 0.4) is 0 Å². The highest BCUT2D eigenvalue weighted by Gasteiger charge is 2.21. The Hall–Kier alpha value is -3.18. The van der Waals surface area contributed by atoms with Crippen molar-refractivity contribution in [2.45, 2.75) is 46.0 Å². The van der Waals surface area contributed by atoms with Crippen LogP contribution in [0.15, 0.2) is 45.9 Å². The van der Waals surface area contributed by atoms with Gasteiger partial charge in [-0.2, -0.15) is 0 Å². The zero-order valence-electron chi connectivity index (χ0n) is 18.9. The maximum Gasteiger partial charge on any atom is 0.269 e. The summed E-state index contributed by atoms with van der Waals surface area (Å²) in [5.74, 6) is -1.48. The quantitative estimate of drug-likeness (QED) is 0.458. The van der Waals surface area contributed by atoms with Gasteiger partial charge >= 0.3 is 0 Å². The van der Waals surface area contributed by atoms with Crippen LogP contribution in [0.5, 0.6) is 5.75 Å². The molecule has 8 nitrogen and oxygen atoms in total. The first-order chi connectivity index (χ1) is 16.0.